The zero-order valence-corrected chi connectivity index (χ0v) is 13.8. The van der Waals surface area contributed by atoms with E-state index < -0.39 is 0 Å². The van der Waals surface area contributed by atoms with Gasteiger partial charge < -0.3 is 14.4 Å². The molecule has 0 saturated heterocycles. The van der Waals surface area contributed by atoms with Gasteiger partial charge in [-0.05, 0) is 49.1 Å². The zero-order valence-electron chi connectivity index (χ0n) is 13.8. The van der Waals surface area contributed by atoms with Crippen LogP contribution >= 0.6 is 0 Å². The van der Waals surface area contributed by atoms with Crippen LogP contribution in [0.15, 0.2) is 48.5 Å². The van der Waals surface area contributed by atoms with Gasteiger partial charge in [-0.2, -0.15) is 0 Å². The molecule has 0 spiro atoms. The fourth-order valence-electron chi connectivity index (χ4n) is 3.04. The zero-order chi connectivity index (χ0) is 15.9. The van der Waals surface area contributed by atoms with Gasteiger partial charge in [-0.1, -0.05) is 30.3 Å². The van der Waals surface area contributed by atoms with Crippen molar-refractivity contribution in [1.82, 2.24) is 0 Å². The molecular formula is C20H25NO2. The fourth-order valence-corrected chi connectivity index (χ4v) is 3.04. The lowest BCUT2D eigenvalue weighted by molar-refractivity contribution is 0.104. The number of para-hydroxylation sites is 1. The van der Waals surface area contributed by atoms with Gasteiger partial charge >= 0.3 is 0 Å². The summed E-state index contributed by atoms with van der Waals surface area (Å²) < 4.78 is 11.4. The predicted octanol–water partition coefficient (Wildman–Crippen LogP) is 3.84. The van der Waals surface area contributed by atoms with Crippen molar-refractivity contribution in [3.05, 3.63) is 59.7 Å². The standard InChI is InChI=1S/C20H25NO2/c1-17-6-4-9-19(16-17)23-15-14-22-13-12-21-11-5-8-18-7-2-3-10-20(18)21/h2-4,6-7,9-10,16H,5,8,11-15H2,1H3. The number of anilines is 1. The average Bonchev–Trinajstić information content (AvgIpc) is 2.58. The summed E-state index contributed by atoms with van der Waals surface area (Å²) in [6.07, 6.45) is 2.42. The molecule has 0 aliphatic carbocycles. The number of ether oxygens (including phenoxy) is 2. The molecule has 122 valence electrons. The number of rotatable bonds is 7. The van der Waals surface area contributed by atoms with E-state index in [4.69, 9.17) is 9.47 Å². The Kier molecular flexibility index (Phi) is 5.54. The highest BCUT2D eigenvalue weighted by molar-refractivity contribution is 5.55. The maximum atomic E-state index is 5.74. The van der Waals surface area contributed by atoms with Gasteiger partial charge in [0.1, 0.15) is 12.4 Å². The van der Waals surface area contributed by atoms with Crippen LogP contribution < -0.4 is 9.64 Å². The van der Waals surface area contributed by atoms with Crippen molar-refractivity contribution in [1.29, 1.82) is 0 Å². The third-order valence-corrected chi connectivity index (χ3v) is 4.20. The van der Waals surface area contributed by atoms with E-state index in [1.807, 2.05) is 18.2 Å². The van der Waals surface area contributed by atoms with Crippen LogP contribution in [0.5, 0.6) is 5.75 Å². The Balaban J connectivity index is 1.36. The highest BCUT2D eigenvalue weighted by Crippen LogP contribution is 2.26. The molecular weight excluding hydrogens is 286 g/mol. The van der Waals surface area contributed by atoms with Crippen LogP contribution in [0.25, 0.3) is 0 Å². The molecule has 0 radical (unpaired) electrons. The minimum Gasteiger partial charge on any atom is -0.491 e. The first-order valence-corrected chi connectivity index (χ1v) is 8.43. The average molecular weight is 311 g/mol. The summed E-state index contributed by atoms with van der Waals surface area (Å²) in [5.41, 5.74) is 4.05. The second-order valence-corrected chi connectivity index (χ2v) is 6.00. The fraction of sp³-hybridized carbons (Fsp3) is 0.400. The Morgan fingerprint density at radius 1 is 1.00 bits per heavy atom. The second kappa shape index (κ2) is 8.02. The Hall–Kier alpha value is -2.00. The van der Waals surface area contributed by atoms with Gasteiger partial charge in [-0.3, -0.25) is 0 Å². The quantitative estimate of drug-likeness (QED) is 0.725. The van der Waals surface area contributed by atoms with Crippen molar-refractivity contribution in [2.24, 2.45) is 0 Å². The largest absolute Gasteiger partial charge is 0.491 e. The lowest BCUT2D eigenvalue weighted by Crippen LogP contribution is -2.32. The van der Waals surface area contributed by atoms with Gasteiger partial charge in [0.25, 0.3) is 0 Å². The molecule has 3 nitrogen and oxygen atoms in total. The van der Waals surface area contributed by atoms with Gasteiger partial charge in [-0.25, -0.2) is 0 Å². The maximum absolute atomic E-state index is 5.74. The van der Waals surface area contributed by atoms with Gasteiger partial charge in [0, 0.05) is 18.8 Å². The summed E-state index contributed by atoms with van der Waals surface area (Å²) in [4.78, 5) is 2.43. The summed E-state index contributed by atoms with van der Waals surface area (Å²) in [5, 5.41) is 0. The van der Waals surface area contributed by atoms with E-state index in [0.29, 0.717) is 13.2 Å². The molecule has 0 amide bonds. The van der Waals surface area contributed by atoms with Gasteiger partial charge in [0.05, 0.1) is 13.2 Å². The summed E-state index contributed by atoms with van der Waals surface area (Å²) in [7, 11) is 0. The van der Waals surface area contributed by atoms with Crippen LogP contribution in [-0.4, -0.2) is 32.9 Å². The maximum Gasteiger partial charge on any atom is 0.119 e. The van der Waals surface area contributed by atoms with E-state index in [1.165, 1.54) is 29.7 Å². The monoisotopic (exact) mass is 311 g/mol. The van der Waals surface area contributed by atoms with E-state index in [1.54, 1.807) is 0 Å². The third-order valence-electron chi connectivity index (χ3n) is 4.20. The van der Waals surface area contributed by atoms with E-state index in [9.17, 15) is 0 Å². The molecule has 0 atom stereocenters. The summed E-state index contributed by atoms with van der Waals surface area (Å²) >= 11 is 0. The molecule has 0 N–H and O–H groups in total. The van der Waals surface area contributed by atoms with Crippen LogP contribution in [0.4, 0.5) is 5.69 Å². The highest BCUT2D eigenvalue weighted by Gasteiger charge is 2.15. The minimum atomic E-state index is 0.597. The van der Waals surface area contributed by atoms with Crippen molar-refractivity contribution in [2.45, 2.75) is 19.8 Å². The summed E-state index contributed by atoms with van der Waals surface area (Å²) in [6, 6.07) is 16.8. The van der Waals surface area contributed by atoms with Crippen molar-refractivity contribution >= 4 is 5.69 Å². The molecule has 1 aliphatic heterocycles. The van der Waals surface area contributed by atoms with Crippen LogP contribution in [0.1, 0.15) is 17.5 Å². The van der Waals surface area contributed by atoms with Crippen LogP contribution in [-0.2, 0) is 11.2 Å². The number of benzene rings is 2. The van der Waals surface area contributed by atoms with Crippen molar-refractivity contribution < 1.29 is 9.47 Å². The van der Waals surface area contributed by atoms with E-state index in [0.717, 1.165) is 25.4 Å². The van der Waals surface area contributed by atoms with Gasteiger partial charge in [0.2, 0.25) is 0 Å². The van der Waals surface area contributed by atoms with Gasteiger partial charge in [-0.15, -0.1) is 0 Å². The topological polar surface area (TPSA) is 21.7 Å². The third kappa shape index (κ3) is 4.49. The molecule has 1 aliphatic rings. The Morgan fingerprint density at radius 3 is 2.83 bits per heavy atom. The molecule has 0 bridgehead atoms. The number of hydrogen-bond acceptors (Lipinski definition) is 3. The molecule has 2 aromatic carbocycles. The second-order valence-electron chi connectivity index (χ2n) is 6.00. The molecule has 1 heterocycles. The van der Waals surface area contributed by atoms with E-state index in [-0.39, 0.29) is 0 Å². The van der Waals surface area contributed by atoms with Crippen molar-refractivity contribution in [3.63, 3.8) is 0 Å². The lowest BCUT2D eigenvalue weighted by atomic mass is 10.0. The van der Waals surface area contributed by atoms with Crippen LogP contribution in [0.2, 0.25) is 0 Å². The van der Waals surface area contributed by atoms with Crippen LogP contribution in [0, 0.1) is 6.92 Å². The first-order chi connectivity index (χ1) is 11.3. The van der Waals surface area contributed by atoms with Crippen molar-refractivity contribution in [2.75, 3.05) is 37.8 Å². The minimum absolute atomic E-state index is 0.597. The number of fused-ring (bicyclic) bond motifs is 1. The molecule has 3 rings (SSSR count). The van der Waals surface area contributed by atoms with Crippen LogP contribution in [0.3, 0.4) is 0 Å². The summed E-state index contributed by atoms with van der Waals surface area (Å²) in [5.74, 6) is 0.915. The molecule has 23 heavy (non-hydrogen) atoms. The summed E-state index contributed by atoms with van der Waals surface area (Å²) in [6.45, 7) is 6.11. The first kappa shape index (κ1) is 15.9. The first-order valence-electron chi connectivity index (χ1n) is 8.43. The lowest BCUT2D eigenvalue weighted by Gasteiger charge is -2.31. The Morgan fingerprint density at radius 2 is 1.91 bits per heavy atom. The molecule has 0 fully saturated rings. The molecule has 0 unspecified atom stereocenters. The molecule has 2 aromatic rings. The SMILES string of the molecule is Cc1cccc(OCCOCCN2CCCc3ccccc32)c1. The number of aryl methyl sites for hydroxylation is 2. The van der Waals surface area contributed by atoms with Crippen molar-refractivity contribution in [3.8, 4) is 5.75 Å². The molecule has 0 saturated carbocycles. The molecule has 3 heteroatoms. The highest BCUT2D eigenvalue weighted by atomic mass is 16.5. The predicted molar refractivity (Wildman–Crippen MR) is 94.5 cm³/mol. The Bertz CT molecular complexity index is 627. The van der Waals surface area contributed by atoms with E-state index in [2.05, 4.69) is 42.2 Å². The van der Waals surface area contributed by atoms with E-state index >= 15 is 0 Å². The normalized spacial score (nSPS) is 13.7. The number of hydrogen-bond donors (Lipinski definition) is 0. The van der Waals surface area contributed by atoms with Gasteiger partial charge in [0.15, 0.2) is 0 Å². The molecule has 0 aromatic heterocycles. The Labute approximate surface area is 138 Å². The smallest absolute Gasteiger partial charge is 0.119 e. The number of nitrogens with zero attached hydrogens (tertiary/aromatic N) is 1.